The molecule has 72 valence electrons. The molecule has 5 heteroatoms. The van der Waals surface area contributed by atoms with Gasteiger partial charge in [-0.25, -0.2) is 4.79 Å². The van der Waals surface area contributed by atoms with E-state index in [1.807, 2.05) is 0 Å². The summed E-state index contributed by atoms with van der Waals surface area (Å²) in [4.78, 5) is 10.7. The Morgan fingerprint density at radius 3 is 2.86 bits per heavy atom. The van der Waals surface area contributed by atoms with Crippen molar-refractivity contribution >= 4 is 54.9 Å². The van der Waals surface area contributed by atoms with Gasteiger partial charge in [-0.15, -0.1) is 11.3 Å². The predicted octanol–water partition coefficient (Wildman–Crippen LogP) is 4.02. The monoisotopic (exact) mass is 290 g/mol. The zero-order valence-corrected chi connectivity index (χ0v) is 9.91. The first-order valence-electron chi connectivity index (χ1n) is 3.70. The summed E-state index contributed by atoms with van der Waals surface area (Å²) in [5.74, 6) is -0.940. The quantitative estimate of drug-likeness (QED) is 0.862. The molecule has 2 aromatic rings. The van der Waals surface area contributed by atoms with E-state index in [4.69, 9.17) is 16.7 Å². The molecule has 0 unspecified atom stereocenters. The van der Waals surface area contributed by atoms with E-state index in [0.29, 0.717) is 5.02 Å². The molecule has 0 bridgehead atoms. The van der Waals surface area contributed by atoms with Crippen molar-refractivity contribution in [1.29, 1.82) is 0 Å². The van der Waals surface area contributed by atoms with Gasteiger partial charge in [0.1, 0.15) is 0 Å². The Bertz CT molecular complexity index is 521. The first kappa shape index (κ1) is 9.96. The summed E-state index contributed by atoms with van der Waals surface area (Å²) < 4.78 is 1.81. The minimum atomic E-state index is -0.940. The molecule has 0 aliphatic carbocycles. The highest BCUT2D eigenvalue weighted by Gasteiger charge is 2.10. The lowest BCUT2D eigenvalue weighted by atomic mass is 10.2. The van der Waals surface area contributed by atoms with Crippen LogP contribution in [0.1, 0.15) is 10.4 Å². The molecule has 1 N–H and O–H groups in total. The number of carbonyl (C=O) groups is 1. The number of thiophene rings is 1. The normalized spacial score (nSPS) is 10.7. The number of benzene rings is 1. The van der Waals surface area contributed by atoms with Crippen LogP contribution in [0.25, 0.3) is 10.1 Å². The number of halogens is 2. The van der Waals surface area contributed by atoms with Gasteiger partial charge in [-0.1, -0.05) is 11.6 Å². The van der Waals surface area contributed by atoms with Crippen LogP contribution >= 0.6 is 38.9 Å². The SMILES string of the molecule is O=C(O)c1ccc2sc(Br)c(Cl)c2c1. The van der Waals surface area contributed by atoms with Gasteiger partial charge in [-0.3, -0.25) is 0 Å². The standard InChI is InChI=1S/C9H4BrClO2S/c10-8-7(11)5-3-4(9(12)13)1-2-6(5)14-8/h1-3H,(H,12,13). The second-order valence-corrected chi connectivity index (χ2v) is 5.45. The molecule has 1 heterocycles. The van der Waals surface area contributed by atoms with Crippen LogP contribution in [-0.2, 0) is 0 Å². The van der Waals surface area contributed by atoms with Crippen LogP contribution in [0.15, 0.2) is 22.0 Å². The number of hydrogen-bond acceptors (Lipinski definition) is 2. The minimum Gasteiger partial charge on any atom is -0.478 e. The molecule has 2 nitrogen and oxygen atoms in total. The third-order valence-electron chi connectivity index (χ3n) is 1.84. The highest BCUT2D eigenvalue weighted by Crippen LogP contribution is 2.39. The Morgan fingerprint density at radius 1 is 1.50 bits per heavy atom. The third-order valence-corrected chi connectivity index (χ3v) is 4.41. The average Bonchev–Trinajstić information content (AvgIpc) is 2.43. The molecule has 0 saturated heterocycles. The van der Waals surface area contributed by atoms with Crippen molar-refractivity contribution < 1.29 is 9.90 Å². The van der Waals surface area contributed by atoms with E-state index in [9.17, 15) is 4.79 Å². The van der Waals surface area contributed by atoms with Gasteiger partial charge < -0.3 is 5.11 Å². The van der Waals surface area contributed by atoms with Crippen molar-refractivity contribution in [2.45, 2.75) is 0 Å². The summed E-state index contributed by atoms with van der Waals surface area (Å²) in [7, 11) is 0. The van der Waals surface area contributed by atoms with E-state index in [1.54, 1.807) is 18.2 Å². The number of carboxylic acids is 1. The topological polar surface area (TPSA) is 37.3 Å². The molecular formula is C9H4BrClO2S. The fourth-order valence-corrected chi connectivity index (χ4v) is 3.04. The van der Waals surface area contributed by atoms with Crippen LogP contribution in [0.2, 0.25) is 5.02 Å². The summed E-state index contributed by atoms with van der Waals surface area (Å²) >= 11 is 10.8. The molecular weight excluding hydrogens is 288 g/mol. The van der Waals surface area contributed by atoms with Gasteiger partial charge in [0.15, 0.2) is 0 Å². The Morgan fingerprint density at radius 2 is 2.21 bits per heavy atom. The van der Waals surface area contributed by atoms with E-state index < -0.39 is 5.97 Å². The Hall–Kier alpha value is -0.580. The fraction of sp³-hybridized carbons (Fsp3) is 0. The number of carboxylic acid groups (broad SMARTS) is 1. The second kappa shape index (κ2) is 3.53. The van der Waals surface area contributed by atoms with E-state index in [-0.39, 0.29) is 5.56 Å². The number of hydrogen-bond donors (Lipinski definition) is 1. The molecule has 0 radical (unpaired) electrons. The first-order chi connectivity index (χ1) is 6.59. The summed E-state index contributed by atoms with van der Waals surface area (Å²) in [6.07, 6.45) is 0. The maximum Gasteiger partial charge on any atom is 0.335 e. The molecule has 0 fully saturated rings. The summed E-state index contributed by atoms with van der Waals surface area (Å²) in [6, 6.07) is 4.92. The fourth-order valence-electron chi connectivity index (χ4n) is 1.17. The van der Waals surface area contributed by atoms with E-state index in [0.717, 1.165) is 13.9 Å². The van der Waals surface area contributed by atoms with Crippen molar-refractivity contribution in [3.05, 3.63) is 32.6 Å². The van der Waals surface area contributed by atoms with Gasteiger partial charge in [0.25, 0.3) is 0 Å². The van der Waals surface area contributed by atoms with Gasteiger partial charge in [-0.2, -0.15) is 0 Å². The first-order valence-corrected chi connectivity index (χ1v) is 5.69. The summed E-state index contributed by atoms with van der Waals surface area (Å²) in [5, 5.41) is 10.1. The van der Waals surface area contributed by atoms with E-state index in [1.165, 1.54) is 11.3 Å². The Kier molecular flexibility index (Phi) is 2.51. The number of rotatable bonds is 1. The van der Waals surface area contributed by atoms with E-state index >= 15 is 0 Å². The maximum atomic E-state index is 10.7. The lowest BCUT2D eigenvalue weighted by Crippen LogP contribution is -1.94. The van der Waals surface area contributed by atoms with Gasteiger partial charge in [-0.05, 0) is 34.1 Å². The lowest BCUT2D eigenvalue weighted by Gasteiger charge is -1.94. The molecule has 14 heavy (non-hydrogen) atoms. The molecule has 2 rings (SSSR count). The van der Waals surface area contributed by atoms with Crippen molar-refractivity contribution in [2.75, 3.05) is 0 Å². The van der Waals surface area contributed by atoms with Crippen LogP contribution in [0, 0.1) is 0 Å². The summed E-state index contributed by atoms with van der Waals surface area (Å²) in [6.45, 7) is 0. The van der Waals surface area contributed by atoms with E-state index in [2.05, 4.69) is 15.9 Å². The lowest BCUT2D eigenvalue weighted by molar-refractivity contribution is 0.0697. The van der Waals surface area contributed by atoms with Crippen molar-refractivity contribution in [3.8, 4) is 0 Å². The molecule has 1 aromatic heterocycles. The number of fused-ring (bicyclic) bond motifs is 1. The molecule has 0 aliphatic heterocycles. The zero-order valence-electron chi connectivity index (χ0n) is 6.75. The van der Waals surface area contributed by atoms with Crippen LogP contribution in [-0.4, -0.2) is 11.1 Å². The van der Waals surface area contributed by atoms with Crippen LogP contribution in [0.4, 0.5) is 0 Å². The van der Waals surface area contributed by atoms with Crippen molar-refractivity contribution in [2.24, 2.45) is 0 Å². The van der Waals surface area contributed by atoms with Gasteiger partial charge in [0.05, 0.1) is 14.4 Å². The second-order valence-electron chi connectivity index (χ2n) is 2.71. The van der Waals surface area contributed by atoms with Crippen LogP contribution < -0.4 is 0 Å². The van der Waals surface area contributed by atoms with Gasteiger partial charge >= 0.3 is 5.97 Å². The minimum absolute atomic E-state index is 0.254. The average molecular weight is 292 g/mol. The zero-order chi connectivity index (χ0) is 10.3. The third kappa shape index (κ3) is 1.54. The van der Waals surface area contributed by atoms with Gasteiger partial charge in [0.2, 0.25) is 0 Å². The maximum absolute atomic E-state index is 10.7. The predicted molar refractivity (Wildman–Crippen MR) is 61.5 cm³/mol. The molecule has 0 amide bonds. The smallest absolute Gasteiger partial charge is 0.335 e. The molecule has 0 spiro atoms. The van der Waals surface area contributed by atoms with Crippen molar-refractivity contribution in [1.82, 2.24) is 0 Å². The molecule has 0 atom stereocenters. The van der Waals surface area contributed by atoms with Crippen LogP contribution in [0.3, 0.4) is 0 Å². The van der Waals surface area contributed by atoms with Gasteiger partial charge in [0, 0.05) is 10.1 Å². The Labute approximate surface area is 97.2 Å². The highest BCUT2D eigenvalue weighted by atomic mass is 79.9. The molecule has 0 saturated carbocycles. The molecule has 1 aromatic carbocycles. The van der Waals surface area contributed by atoms with Crippen molar-refractivity contribution in [3.63, 3.8) is 0 Å². The highest BCUT2D eigenvalue weighted by molar-refractivity contribution is 9.11. The largest absolute Gasteiger partial charge is 0.478 e. The summed E-state index contributed by atoms with van der Waals surface area (Å²) in [5.41, 5.74) is 0.254. The Balaban J connectivity index is 2.76. The van der Waals surface area contributed by atoms with Crippen LogP contribution in [0.5, 0.6) is 0 Å². The number of aromatic carboxylic acids is 1. The molecule has 0 aliphatic rings.